The Morgan fingerprint density at radius 2 is 1.84 bits per heavy atom. The van der Waals surface area contributed by atoms with Crippen molar-refractivity contribution in [2.45, 2.75) is 37.9 Å². The molecule has 1 aromatic carbocycles. The second-order valence-electron chi connectivity index (χ2n) is 7.90. The number of likely N-dealkylation sites (tertiary alicyclic amines) is 1. The van der Waals surface area contributed by atoms with Crippen molar-refractivity contribution >= 4 is 15.9 Å². The van der Waals surface area contributed by atoms with Gasteiger partial charge in [0.15, 0.2) is 0 Å². The summed E-state index contributed by atoms with van der Waals surface area (Å²) in [5.41, 5.74) is 0.324. The van der Waals surface area contributed by atoms with E-state index in [1.54, 1.807) is 4.31 Å². The molecule has 1 spiro atoms. The van der Waals surface area contributed by atoms with Gasteiger partial charge in [-0.25, -0.2) is 12.7 Å². The molecule has 6 heteroatoms. The highest BCUT2D eigenvalue weighted by atomic mass is 32.2. The molecule has 0 aromatic heterocycles. The molecule has 2 saturated heterocycles. The molecule has 0 radical (unpaired) electrons. The SMILES string of the molecule is O=C1N(CC2CC2)CCCC12CCN(S(=O)(=O)Cc1ccccc1)C2. The smallest absolute Gasteiger partial charge is 0.230 e. The zero-order valence-corrected chi connectivity index (χ0v) is 15.4. The molecule has 0 bridgehead atoms. The largest absolute Gasteiger partial charge is 0.342 e. The molecule has 1 saturated carbocycles. The number of carbonyl (C=O) groups excluding carboxylic acids is 1. The first-order chi connectivity index (χ1) is 12.0. The van der Waals surface area contributed by atoms with Gasteiger partial charge in [0.25, 0.3) is 0 Å². The topological polar surface area (TPSA) is 57.7 Å². The number of nitrogens with zero attached hydrogens (tertiary/aromatic N) is 2. The number of amides is 1. The van der Waals surface area contributed by atoms with Crippen LogP contribution in [0.1, 0.15) is 37.7 Å². The van der Waals surface area contributed by atoms with Crippen LogP contribution in [-0.2, 0) is 20.6 Å². The summed E-state index contributed by atoms with van der Waals surface area (Å²) in [5, 5.41) is 0. The summed E-state index contributed by atoms with van der Waals surface area (Å²) in [5.74, 6) is 0.894. The molecule has 25 heavy (non-hydrogen) atoms. The van der Waals surface area contributed by atoms with Crippen LogP contribution in [-0.4, -0.2) is 49.7 Å². The third-order valence-electron chi connectivity index (χ3n) is 5.90. The Balaban J connectivity index is 1.47. The maximum absolute atomic E-state index is 13.0. The van der Waals surface area contributed by atoms with E-state index in [-0.39, 0.29) is 11.7 Å². The fraction of sp³-hybridized carbons (Fsp3) is 0.632. The minimum atomic E-state index is -3.38. The minimum Gasteiger partial charge on any atom is -0.342 e. The van der Waals surface area contributed by atoms with Gasteiger partial charge in [-0.2, -0.15) is 0 Å². The second kappa shape index (κ2) is 6.40. The quantitative estimate of drug-likeness (QED) is 0.807. The van der Waals surface area contributed by atoms with Gasteiger partial charge >= 0.3 is 0 Å². The predicted octanol–water partition coefficient (Wildman–Crippen LogP) is 2.24. The average molecular weight is 362 g/mol. The van der Waals surface area contributed by atoms with E-state index in [4.69, 9.17) is 0 Å². The second-order valence-corrected chi connectivity index (χ2v) is 9.87. The van der Waals surface area contributed by atoms with Gasteiger partial charge in [0, 0.05) is 26.2 Å². The molecule has 0 N–H and O–H groups in total. The van der Waals surface area contributed by atoms with Crippen LogP contribution in [0.25, 0.3) is 0 Å². The van der Waals surface area contributed by atoms with Crippen LogP contribution < -0.4 is 0 Å². The third-order valence-corrected chi connectivity index (χ3v) is 7.70. The molecule has 5 nitrogen and oxygen atoms in total. The number of hydrogen-bond acceptors (Lipinski definition) is 3. The maximum Gasteiger partial charge on any atom is 0.230 e. The Bertz CT molecular complexity index is 745. The van der Waals surface area contributed by atoms with Crippen LogP contribution in [0.4, 0.5) is 0 Å². The normalized spacial score (nSPS) is 28.0. The fourth-order valence-corrected chi connectivity index (χ4v) is 5.87. The van der Waals surface area contributed by atoms with E-state index in [1.165, 1.54) is 12.8 Å². The van der Waals surface area contributed by atoms with Crippen molar-refractivity contribution in [3.8, 4) is 0 Å². The molecule has 1 atom stereocenters. The van der Waals surface area contributed by atoms with Gasteiger partial charge in [0.05, 0.1) is 11.2 Å². The predicted molar refractivity (Wildman–Crippen MR) is 96.2 cm³/mol. The number of piperidine rings is 1. The zero-order chi connectivity index (χ0) is 17.5. The first kappa shape index (κ1) is 17.0. The van der Waals surface area contributed by atoms with Crippen LogP contribution in [0.2, 0.25) is 0 Å². The molecule has 1 aliphatic carbocycles. The van der Waals surface area contributed by atoms with E-state index < -0.39 is 15.4 Å². The van der Waals surface area contributed by atoms with Crippen molar-refractivity contribution < 1.29 is 13.2 Å². The summed E-state index contributed by atoms with van der Waals surface area (Å²) < 4.78 is 27.2. The Morgan fingerprint density at radius 1 is 1.08 bits per heavy atom. The zero-order valence-electron chi connectivity index (χ0n) is 14.6. The lowest BCUT2D eigenvalue weighted by atomic mass is 9.78. The van der Waals surface area contributed by atoms with Crippen molar-refractivity contribution in [1.82, 2.24) is 9.21 Å². The lowest BCUT2D eigenvalue weighted by Gasteiger charge is -2.39. The van der Waals surface area contributed by atoms with Gasteiger partial charge in [-0.1, -0.05) is 30.3 Å². The Labute approximate surface area is 150 Å². The molecular formula is C19H26N2O3S. The molecule has 4 rings (SSSR count). The Hall–Kier alpha value is -1.40. The summed E-state index contributed by atoms with van der Waals surface area (Å²) in [7, 11) is -3.38. The molecule has 2 heterocycles. The van der Waals surface area contributed by atoms with E-state index >= 15 is 0 Å². The van der Waals surface area contributed by atoms with Gasteiger partial charge in [-0.3, -0.25) is 4.79 Å². The van der Waals surface area contributed by atoms with E-state index in [0.717, 1.165) is 31.5 Å². The number of benzene rings is 1. The number of carbonyl (C=O) groups is 1. The van der Waals surface area contributed by atoms with Crippen molar-refractivity contribution in [2.24, 2.45) is 11.3 Å². The average Bonchev–Trinajstić information content (AvgIpc) is 3.30. The van der Waals surface area contributed by atoms with Gasteiger partial charge in [0.2, 0.25) is 15.9 Å². The molecule has 3 fully saturated rings. The molecule has 136 valence electrons. The fourth-order valence-electron chi connectivity index (χ4n) is 4.27. The Morgan fingerprint density at radius 3 is 2.56 bits per heavy atom. The number of rotatable bonds is 5. The van der Waals surface area contributed by atoms with Crippen LogP contribution >= 0.6 is 0 Å². The molecule has 1 unspecified atom stereocenters. The standard InChI is InChI=1S/C19H26N2O3S/c22-18-19(9-4-11-20(18)13-16-7-8-16)10-12-21(15-19)25(23,24)14-17-5-2-1-3-6-17/h1-3,5-6,16H,4,7-15H2. The van der Waals surface area contributed by atoms with E-state index in [9.17, 15) is 13.2 Å². The summed E-state index contributed by atoms with van der Waals surface area (Å²) >= 11 is 0. The van der Waals surface area contributed by atoms with Gasteiger partial charge < -0.3 is 4.90 Å². The lowest BCUT2D eigenvalue weighted by Crippen LogP contribution is -2.51. The number of hydrogen-bond donors (Lipinski definition) is 0. The molecule has 2 aliphatic heterocycles. The van der Waals surface area contributed by atoms with Crippen molar-refractivity contribution in [2.75, 3.05) is 26.2 Å². The first-order valence-corrected chi connectivity index (χ1v) is 10.9. The van der Waals surface area contributed by atoms with Gasteiger partial charge in [-0.05, 0) is 43.6 Å². The molecule has 1 amide bonds. The summed E-state index contributed by atoms with van der Waals surface area (Å²) in [6, 6.07) is 9.28. The Kier molecular flexibility index (Phi) is 4.36. The molecule has 3 aliphatic rings. The molecular weight excluding hydrogens is 336 g/mol. The van der Waals surface area contributed by atoms with Crippen molar-refractivity contribution in [3.63, 3.8) is 0 Å². The highest BCUT2D eigenvalue weighted by Crippen LogP contribution is 2.42. The van der Waals surface area contributed by atoms with Crippen LogP contribution in [0, 0.1) is 11.3 Å². The van der Waals surface area contributed by atoms with E-state index in [0.29, 0.717) is 25.4 Å². The number of sulfonamides is 1. The highest BCUT2D eigenvalue weighted by Gasteiger charge is 2.51. The van der Waals surface area contributed by atoms with Gasteiger partial charge in [-0.15, -0.1) is 0 Å². The third kappa shape index (κ3) is 3.47. The summed E-state index contributed by atoms with van der Waals surface area (Å²) in [4.78, 5) is 15.1. The summed E-state index contributed by atoms with van der Waals surface area (Å²) in [6.07, 6.45) is 4.94. The lowest BCUT2D eigenvalue weighted by molar-refractivity contribution is -0.145. The van der Waals surface area contributed by atoms with Gasteiger partial charge in [0.1, 0.15) is 0 Å². The first-order valence-electron chi connectivity index (χ1n) is 9.30. The van der Waals surface area contributed by atoms with Crippen molar-refractivity contribution in [1.29, 1.82) is 0 Å². The van der Waals surface area contributed by atoms with E-state index in [1.807, 2.05) is 35.2 Å². The summed E-state index contributed by atoms with van der Waals surface area (Å²) in [6.45, 7) is 2.55. The molecule has 1 aromatic rings. The van der Waals surface area contributed by atoms with Crippen LogP contribution in [0.5, 0.6) is 0 Å². The van der Waals surface area contributed by atoms with Crippen LogP contribution in [0.3, 0.4) is 0 Å². The van der Waals surface area contributed by atoms with Crippen molar-refractivity contribution in [3.05, 3.63) is 35.9 Å². The monoisotopic (exact) mass is 362 g/mol. The maximum atomic E-state index is 13.0. The highest BCUT2D eigenvalue weighted by molar-refractivity contribution is 7.88. The van der Waals surface area contributed by atoms with Crippen LogP contribution in [0.15, 0.2) is 30.3 Å². The minimum absolute atomic E-state index is 0.0178. The van der Waals surface area contributed by atoms with E-state index in [2.05, 4.69) is 0 Å².